The summed E-state index contributed by atoms with van der Waals surface area (Å²) >= 11 is 0. The molecule has 1 aromatic carbocycles. The molecule has 0 atom stereocenters. The first-order valence-corrected chi connectivity index (χ1v) is 9.79. The summed E-state index contributed by atoms with van der Waals surface area (Å²) in [6, 6.07) is 10.2. The van der Waals surface area contributed by atoms with E-state index in [1.807, 2.05) is 18.2 Å². The number of hydrogen-bond acceptors (Lipinski definition) is 3. The molecule has 2 amide bonds. The van der Waals surface area contributed by atoms with Crippen LogP contribution in [0.4, 0.5) is 4.79 Å². The third-order valence-corrected chi connectivity index (χ3v) is 6.12. The Morgan fingerprint density at radius 3 is 2.26 bits per heavy atom. The van der Waals surface area contributed by atoms with Gasteiger partial charge in [-0.1, -0.05) is 30.3 Å². The van der Waals surface area contributed by atoms with Crippen LogP contribution >= 0.6 is 0 Å². The number of piperazine rings is 1. The van der Waals surface area contributed by atoms with Crippen molar-refractivity contribution in [1.82, 2.24) is 14.5 Å². The fourth-order valence-corrected chi connectivity index (χ4v) is 3.92. The standard InChI is InChI=1S/C16H23N3O3S/c1-23(21,22)19-11-9-18(10-12-19)15(20)17-13-16(7-8-16)14-5-3-2-4-6-14/h2-6H,7-13H2,1H3,(H,17,20). The molecule has 1 saturated carbocycles. The first kappa shape index (κ1) is 16.3. The molecule has 6 nitrogen and oxygen atoms in total. The van der Waals surface area contributed by atoms with Gasteiger partial charge in [0.15, 0.2) is 0 Å². The highest BCUT2D eigenvalue weighted by molar-refractivity contribution is 7.88. The lowest BCUT2D eigenvalue weighted by molar-refractivity contribution is 0.172. The van der Waals surface area contributed by atoms with Crippen LogP contribution in [0.5, 0.6) is 0 Å². The second kappa shape index (κ2) is 6.13. The second-order valence-corrected chi connectivity index (χ2v) is 8.44. The number of sulfonamides is 1. The molecule has 2 aliphatic rings. The number of rotatable bonds is 4. The van der Waals surface area contributed by atoms with Gasteiger partial charge in [-0.2, -0.15) is 4.31 Å². The minimum absolute atomic E-state index is 0.0888. The Balaban J connectivity index is 1.51. The maximum atomic E-state index is 12.3. The van der Waals surface area contributed by atoms with E-state index in [1.54, 1.807) is 4.90 Å². The monoisotopic (exact) mass is 337 g/mol. The second-order valence-electron chi connectivity index (χ2n) is 6.45. The summed E-state index contributed by atoms with van der Waals surface area (Å²) in [4.78, 5) is 14.0. The van der Waals surface area contributed by atoms with E-state index in [4.69, 9.17) is 0 Å². The minimum atomic E-state index is -3.16. The first-order valence-electron chi connectivity index (χ1n) is 7.94. The van der Waals surface area contributed by atoms with Crippen LogP contribution in [0.15, 0.2) is 30.3 Å². The van der Waals surface area contributed by atoms with Crippen LogP contribution in [0.3, 0.4) is 0 Å². The van der Waals surface area contributed by atoms with E-state index in [0.29, 0.717) is 32.7 Å². The van der Waals surface area contributed by atoms with Gasteiger partial charge < -0.3 is 10.2 Å². The largest absolute Gasteiger partial charge is 0.337 e. The zero-order valence-corrected chi connectivity index (χ0v) is 14.2. The van der Waals surface area contributed by atoms with E-state index < -0.39 is 10.0 Å². The smallest absolute Gasteiger partial charge is 0.317 e. The topological polar surface area (TPSA) is 69.7 Å². The average Bonchev–Trinajstić information content (AvgIpc) is 3.34. The zero-order chi connectivity index (χ0) is 16.5. The fraction of sp³-hybridized carbons (Fsp3) is 0.562. The van der Waals surface area contributed by atoms with Crippen molar-refractivity contribution in [2.75, 3.05) is 39.0 Å². The summed E-state index contributed by atoms with van der Waals surface area (Å²) < 4.78 is 24.4. The van der Waals surface area contributed by atoms with Crippen molar-refractivity contribution in [2.45, 2.75) is 18.3 Å². The number of hydrogen-bond donors (Lipinski definition) is 1. The van der Waals surface area contributed by atoms with Gasteiger partial charge in [-0.15, -0.1) is 0 Å². The number of nitrogens with zero attached hydrogens (tertiary/aromatic N) is 2. The van der Waals surface area contributed by atoms with Gasteiger partial charge in [0, 0.05) is 38.1 Å². The lowest BCUT2D eigenvalue weighted by atomic mass is 9.96. The SMILES string of the molecule is CS(=O)(=O)N1CCN(C(=O)NCC2(c3ccccc3)CC2)CC1. The van der Waals surface area contributed by atoms with Gasteiger partial charge in [-0.05, 0) is 18.4 Å². The van der Waals surface area contributed by atoms with Gasteiger partial charge in [0.1, 0.15) is 0 Å². The van der Waals surface area contributed by atoms with Crippen LogP contribution in [-0.4, -0.2) is 62.6 Å². The molecule has 23 heavy (non-hydrogen) atoms. The van der Waals surface area contributed by atoms with Crippen LogP contribution in [0.25, 0.3) is 0 Å². The molecule has 126 valence electrons. The summed E-state index contributed by atoms with van der Waals surface area (Å²) in [5, 5.41) is 3.03. The summed E-state index contributed by atoms with van der Waals surface area (Å²) in [6.07, 6.45) is 3.40. The summed E-state index contributed by atoms with van der Waals surface area (Å²) in [6.45, 7) is 2.27. The molecule has 0 unspecified atom stereocenters. The van der Waals surface area contributed by atoms with E-state index in [0.717, 1.165) is 12.8 Å². The van der Waals surface area contributed by atoms with Gasteiger partial charge in [-0.25, -0.2) is 13.2 Å². The Bertz CT molecular complexity index is 663. The molecule has 0 aromatic heterocycles. The number of amides is 2. The van der Waals surface area contributed by atoms with Crippen molar-refractivity contribution < 1.29 is 13.2 Å². The molecule has 1 aliphatic heterocycles. The fourth-order valence-electron chi connectivity index (χ4n) is 3.09. The lowest BCUT2D eigenvalue weighted by Gasteiger charge is -2.33. The quantitative estimate of drug-likeness (QED) is 0.891. The Morgan fingerprint density at radius 2 is 1.74 bits per heavy atom. The van der Waals surface area contributed by atoms with Gasteiger partial charge in [0.05, 0.1) is 6.26 Å². The van der Waals surface area contributed by atoms with Gasteiger partial charge in [-0.3, -0.25) is 0 Å². The number of nitrogens with one attached hydrogen (secondary N) is 1. The van der Waals surface area contributed by atoms with Crippen LogP contribution in [-0.2, 0) is 15.4 Å². The number of carbonyl (C=O) groups excluding carboxylic acids is 1. The molecule has 1 saturated heterocycles. The predicted octanol–water partition coefficient (Wildman–Crippen LogP) is 1.01. The van der Waals surface area contributed by atoms with Crippen LogP contribution < -0.4 is 5.32 Å². The number of carbonyl (C=O) groups is 1. The van der Waals surface area contributed by atoms with Crippen molar-refractivity contribution in [3.05, 3.63) is 35.9 Å². The Morgan fingerprint density at radius 1 is 1.13 bits per heavy atom. The maximum Gasteiger partial charge on any atom is 0.317 e. The molecule has 1 aliphatic carbocycles. The van der Waals surface area contributed by atoms with Crippen molar-refractivity contribution in [3.63, 3.8) is 0 Å². The molecule has 7 heteroatoms. The minimum Gasteiger partial charge on any atom is -0.337 e. The van der Waals surface area contributed by atoms with Gasteiger partial charge in [0.2, 0.25) is 10.0 Å². The molecule has 1 aromatic rings. The maximum absolute atomic E-state index is 12.3. The third kappa shape index (κ3) is 3.67. The lowest BCUT2D eigenvalue weighted by Crippen LogP contribution is -2.53. The van der Waals surface area contributed by atoms with Crippen molar-refractivity contribution in [1.29, 1.82) is 0 Å². The number of benzene rings is 1. The van der Waals surface area contributed by atoms with Gasteiger partial charge >= 0.3 is 6.03 Å². The van der Waals surface area contributed by atoms with E-state index >= 15 is 0 Å². The molecule has 3 rings (SSSR count). The Labute approximate surface area is 137 Å². The van der Waals surface area contributed by atoms with Crippen molar-refractivity contribution >= 4 is 16.1 Å². The Hall–Kier alpha value is -1.60. The predicted molar refractivity (Wildman–Crippen MR) is 88.7 cm³/mol. The Kier molecular flexibility index (Phi) is 4.33. The number of urea groups is 1. The average molecular weight is 337 g/mol. The molecule has 1 N–H and O–H groups in total. The van der Waals surface area contributed by atoms with Gasteiger partial charge in [0.25, 0.3) is 0 Å². The highest BCUT2D eigenvalue weighted by Crippen LogP contribution is 2.47. The van der Waals surface area contributed by atoms with E-state index in [2.05, 4.69) is 17.4 Å². The summed E-state index contributed by atoms with van der Waals surface area (Å²) in [5.74, 6) is 0. The molecule has 2 fully saturated rings. The first-order chi connectivity index (χ1) is 10.9. The van der Waals surface area contributed by atoms with Crippen LogP contribution in [0.2, 0.25) is 0 Å². The summed E-state index contributed by atoms with van der Waals surface area (Å²) in [7, 11) is -3.16. The van der Waals surface area contributed by atoms with E-state index in [9.17, 15) is 13.2 Å². The normalized spacial score (nSPS) is 21.0. The van der Waals surface area contributed by atoms with E-state index in [-0.39, 0.29) is 11.4 Å². The highest BCUT2D eigenvalue weighted by atomic mass is 32.2. The zero-order valence-electron chi connectivity index (χ0n) is 13.4. The third-order valence-electron chi connectivity index (χ3n) is 4.81. The van der Waals surface area contributed by atoms with Crippen LogP contribution in [0.1, 0.15) is 18.4 Å². The van der Waals surface area contributed by atoms with Crippen molar-refractivity contribution in [2.24, 2.45) is 0 Å². The molecule has 0 radical (unpaired) electrons. The molecule has 1 heterocycles. The van der Waals surface area contributed by atoms with E-state index in [1.165, 1.54) is 16.1 Å². The molecule has 0 spiro atoms. The molecular formula is C16H23N3O3S. The van der Waals surface area contributed by atoms with Crippen molar-refractivity contribution in [3.8, 4) is 0 Å². The highest BCUT2D eigenvalue weighted by Gasteiger charge is 2.44. The summed E-state index contributed by atoms with van der Waals surface area (Å²) in [5.41, 5.74) is 1.37. The molecular weight excluding hydrogens is 314 g/mol. The van der Waals surface area contributed by atoms with Crippen LogP contribution in [0, 0.1) is 0 Å². The molecule has 0 bridgehead atoms.